The molecule has 2 nitrogen and oxygen atoms in total. The van der Waals surface area contributed by atoms with Crippen LogP contribution in [0.1, 0.15) is 28.8 Å². The first-order valence-electron chi connectivity index (χ1n) is 4.05. The van der Waals surface area contributed by atoms with Crippen LogP contribution in [0.25, 0.3) is 0 Å². The number of aliphatic hydroxyl groups excluding tert-OH is 1. The fourth-order valence-electron chi connectivity index (χ4n) is 0.974. The topological polar surface area (TPSA) is 33.1 Å². The van der Waals surface area contributed by atoms with E-state index in [-0.39, 0.29) is 6.42 Å². The maximum Gasteiger partial charge on any atom is 0.389 e. The molecule has 0 aliphatic heterocycles. The van der Waals surface area contributed by atoms with Gasteiger partial charge in [0.2, 0.25) is 0 Å². The van der Waals surface area contributed by atoms with Gasteiger partial charge in [0.25, 0.3) is 0 Å². The Labute approximate surface area is 83.4 Å². The highest BCUT2D eigenvalue weighted by Crippen LogP contribution is 2.29. The number of rotatable bonds is 3. The van der Waals surface area contributed by atoms with Gasteiger partial charge in [-0.15, -0.1) is 11.3 Å². The largest absolute Gasteiger partial charge is 0.389 e. The lowest BCUT2D eigenvalue weighted by Crippen LogP contribution is -2.09. The van der Waals surface area contributed by atoms with Gasteiger partial charge in [-0.05, 0) is 13.3 Å². The molecule has 0 radical (unpaired) electrons. The summed E-state index contributed by atoms with van der Waals surface area (Å²) >= 11 is 1.22. The molecule has 0 saturated heterocycles. The second-order valence-electron chi connectivity index (χ2n) is 2.95. The van der Waals surface area contributed by atoms with Crippen LogP contribution in [-0.2, 0) is 0 Å². The van der Waals surface area contributed by atoms with Gasteiger partial charge in [-0.1, -0.05) is 0 Å². The minimum Gasteiger partial charge on any atom is -0.388 e. The summed E-state index contributed by atoms with van der Waals surface area (Å²) in [5, 5.41) is 10.1. The van der Waals surface area contributed by atoms with Crippen molar-refractivity contribution in [3.63, 3.8) is 0 Å². The van der Waals surface area contributed by atoms with Gasteiger partial charge in [0, 0.05) is 12.6 Å². The number of alkyl halides is 3. The molecule has 0 aliphatic carbocycles. The smallest absolute Gasteiger partial charge is 0.388 e. The van der Waals surface area contributed by atoms with E-state index in [1.54, 1.807) is 6.92 Å². The number of aliphatic hydroxyl groups is 1. The summed E-state index contributed by atoms with van der Waals surface area (Å²) in [6.45, 7) is 1.74. The van der Waals surface area contributed by atoms with Crippen LogP contribution in [0.3, 0.4) is 0 Å². The second kappa shape index (κ2) is 4.27. The first-order valence-corrected chi connectivity index (χ1v) is 4.87. The third-order valence-corrected chi connectivity index (χ3v) is 2.68. The first kappa shape index (κ1) is 11.5. The van der Waals surface area contributed by atoms with Crippen molar-refractivity contribution in [3.8, 4) is 0 Å². The van der Waals surface area contributed by atoms with Gasteiger partial charge in [0.15, 0.2) is 0 Å². The highest BCUT2D eigenvalue weighted by atomic mass is 32.1. The Morgan fingerprint density at radius 1 is 1.57 bits per heavy atom. The van der Waals surface area contributed by atoms with Crippen LogP contribution in [0.4, 0.5) is 13.2 Å². The molecular weight excluding hydrogens is 215 g/mol. The Bertz CT molecular complexity index is 297. The molecule has 0 amide bonds. The van der Waals surface area contributed by atoms with Crippen molar-refractivity contribution in [1.82, 2.24) is 4.98 Å². The Morgan fingerprint density at radius 3 is 2.64 bits per heavy atom. The molecule has 1 rings (SSSR count). The van der Waals surface area contributed by atoms with E-state index < -0.39 is 18.7 Å². The van der Waals surface area contributed by atoms with Gasteiger partial charge in [0.05, 0.1) is 16.0 Å². The number of thiazole rings is 1. The molecule has 0 aromatic carbocycles. The minimum absolute atomic E-state index is 0.300. The van der Waals surface area contributed by atoms with Crippen molar-refractivity contribution < 1.29 is 18.3 Å². The van der Waals surface area contributed by atoms with Crippen LogP contribution in [0.15, 0.2) is 6.20 Å². The standard InChI is InChI=1S/C8H10F3NOS/c1-5-12-4-7(14-5)6(13)2-3-8(9,10)11/h4,6,13H,2-3H2,1H3. The van der Waals surface area contributed by atoms with E-state index in [9.17, 15) is 18.3 Å². The summed E-state index contributed by atoms with van der Waals surface area (Å²) in [7, 11) is 0. The quantitative estimate of drug-likeness (QED) is 0.858. The van der Waals surface area contributed by atoms with Crippen LogP contribution in [0, 0.1) is 6.92 Å². The molecule has 0 fully saturated rings. The molecule has 1 atom stereocenters. The maximum atomic E-state index is 11.8. The minimum atomic E-state index is -4.21. The summed E-state index contributed by atoms with van der Waals surface area (Å²) in [4.78, 5) is 4.35. The number of nitrogens with zero attached hydrogens (tertiary/aromatic N) is 1. The number of halogens is 3. The van der Waals surface area contributed by atoms with E-state index in [0.29, 0.717) is 4.88 Å². The zero-order valence-electron chi connectivity index (χ0n) is 7.51. The summed E-state index contributed by atoms with van der Waals surface area (Å²) in [6.07, 6.45) is -5.11. The monoisotopic (exact) mass is 225 g/mol. The van der Waals surface area contributed by atoms with Crippen molar-refractivity contribution >= 4 is 11.3 Å². The molecule has 1 N–H and O–H groups in total. The van der Waals surface area contributed by atoms with Gasteiger partial charge >= 0.3 is 6.18 Å². The second-order valence-corrected chi connectivity index (χ2v) is 4.22. The molecule has 0 bridgehead atoms. The van der Waals surface area contributed by atoms with Gasteiger partial charge in [-0.3, -0.25) is 0 Å². The molecule has 0 aliphatic rings. The van der Waals surface area contributed by atoms with E-state index >= 15 is 0 Å². The molecule has 1 heterocycles. The molecule has 80 valence electrons. The predicted octanol–water partition coefficient (Wildman–Crippen LogP) is 2.83. The van der Waals surface area contributed by atoms with E-state index in [4.69, 9.17) is 0 Å². The van der Waals surface area contributed by atoms with E-state index in [2.05, 4.69) is 4.98 Å². The van der Waals surface area contributed by atoms with Crippen molar-refractivity contribution in [1.29, 1.82) is 0 Å². The zero-order valence-corrected chi connectivity index (χ0v) is 8.32. The van der Waals surface area contributed by atoms with Gasteiger partial charge in [-0.2, -0.15) is 13.2 Å². The molecular formula is C8H10F3NOS. The lowest BCUT2D eigenvalue weighted by molar-refractivity contribution is -0.140. The fraction of sp³-hybridized carbons (Fsp3) is 0.625. The number of aryl methyl sites for hydroxylation is 1. The zero-order chi connectivity index (χ0) is 10.8. The van der Waals surface area contributed by atoms with Crippen LogP contribution in [0.2, 0.25) is 0 Å². The number of hydrogen-bond donors (Lipinski definition) is 1. The average Bonchev–Trinajstić information content (AvgIpc) is 2.46. The van der Waals surface area contributed by atoms with Gasteiger partial charge in [-0.25, -0.2) is 4.98 Å². The fourth-order valence-corrected chi connectivity index (χ4v) is 1.78. The molecule has 1 aromatic heterocycles. The van der Waals surface area contributed by atoms with Crippen LogP contribution >= 0.6 is 11.3 Å². The highest BCUT2D eigenvalue weighted by molar-refractivity contribution is 7.11. The summed E-state index contributed by atoms with van der Waals surface area (Å²) in [6, 6.07) is 0. The van der Waals surface area contributed by atoms with E-state index in [1.807, 2.05) is 0 Å². The van der Waals surface area contributed by atoms with Crippen LogP contribution in [-0.4, -0.2) is 16.3 Å². The molecule has 14 heavy (non-hydrogen) atoms. The highest BCUT2D eigenvalue weighted by Gasteiger charge is 2.28. The maximum absolute atomic E-state index is 11.8. The van der Waals surface area contributed by atoms with E-state index in [1.165, 1.54) is 17.5 Å². The third kappa shape index (κ3) is 3.63. The van der Waals surface area contributed by atoms with Gasteiger partial charge < -0.3 is 5.11 Å². The van der Waals surface area contributed by atoms with Gasteiger partial charge in [0.1, 0.15) is 0 Å². The molecule has 1 aromatic rings. The third-order valence-electron chi connectivity index (χ3n) is 1.67. The number of aromatic nitrogens is 1. The normalized spacial score (nSPS) is 14.4. The Hall–Kier alpha value is -0.620. The molecule has 1 unspecified atom stereocenters. The van der Waals surface area contributed by atoms with Crippen molar-refractivity contribution in [2.24, 2.45) is 0 Å². The SMILES string of the molecule is Cc1ncc(C(O)CCC(F)(F)F)s1. The van der Waals surface area contributed by atoms with Crippen molar-refractivity contribution in [2.45, 2.75) is 32.0 Å². The summed E-state index contributed by atoms with van der Waals surface area (Å²) < 4.78 is 35.4. The Kier molecular flexibility index (Phi) is 3.49. The van der Waals surface area contributed by atoms with E-state index in [0.717, 1.165) is 5.01 Å². The summed E-state index contributed by atoms with van der Waals surface area (Å²) in [5.41, 5.74) is 0. The lowest BCUT2D eigenvalue weighted by atomic mass is 10.2. The molecule has 0 saturated carbocycles. The average molecular weight is 225 g/mol. The summed E-state index contributed by atoms with van der Waals surface area (Å²) in [5.74, 6) is 0. The predicted molar refractivity (Wildman–Crippen MR) is 47.1 cm³/mol. The lowest BCUT2D eigenvalue weighted by Gasteiger charge is -2.09. The molecule has 6 heteroatoms. The van der Waals surface area contributed by atoms with Crippen LogP contribution in [0.5, 0.6) is 0 Å². The first-order chi connectivity index (χ1) is 6.38. The van der Waals surface area contributed by atoms with Crippen molar-refractivity contribution in [3.05, 3.63) is 16.1 Å². The van der Waals surface area contributed by atoms with Crippen molar-refractivity contribution in [2.75, 3.05) is 0 Å². The number of hydrogen-bond acceptors (Lipinski definition) is 3. The Balaban J connectivity index is 2.47. The van der Waals surface area contributed by atoms with Crippen LogP contribution < -0.4 is 0 Å². The Morgan fingerprint density at radius 2 is 2.21 bits per heavy atom. The molecule has 0 spiro atoms.